The van der Waals surface area contributed by atoms with Crippen LogP contribution in [0.4, 0.5) is 0 Å². The van der Waals surface area contributed by atoms with Gasteiger partial charge in [0.15, 0.2) is 0 Å². The molecule has 3 heteroatoms. The minimum atomic E-state index is 0.572. The fourth-order valence-corrected chi connectivity index (χ4v) is 1.53. The highest BCUT2D eigenvalue weighted by Gasteiger charge is 2.00. The van der Waals surface area contributed by atoms with Crippen molar-refractivity contribution in [1.29, 1.82) is 0 Å². The maximum atomic E-state index is 4.20. The molecular weight excluding hydrogens is 186 g/mol. The molecule has 0 saturated carbocycles. The zero-order valence-electron chi connectivity index (χ0n) is 9.25. The third kappa shape index (κ3) is 2.36. The molecule has 0 aliphatic heterocycles. The van der Waals surface area contributed by atoms with E-state index in [4.69, 9.17) is 0 Å². The fourth-order valence-electron chi connectivity index (χ4n) is 1.53. The number of hydrogen-bond acceptors (Lipinski definition) is 2. The Morgan fingerprint density at radius 2 is 2.33 bits per heavy atom. The fraction of sp³-hybridized carbons (Fsp3) is 0.417. The van der Waals surface area contributed by atoms with Crippen molar-refractivity contribution in [2.24, 2.45) is 0 Å². The average molecular weight is 203 g/mol. The predicted octanol–water partition coefficient (Wildman–Crippen LogP) is 2.45. The number of nitrogens with one attached hydrogen (secondary N) is 2. The first-order valence-electron chi connectivity index (χ1n) is 5.45. The van der Waals surface area contributed by atoms with Gasteiger partial charge in [-0.2, -0.15) is 0 Å². The van der Waals surface area contributed by atoms with Crippen molar-refractivity contribution >= 4 is 11.0 Å². The van der Waals surface area contributed by atoms with Gasteiger partial charge in [0, 0.05) is 12.6 Å². The predicted molar refractivity (Wildman–Crippen MR) is 62.7 cm³/mol. The highest BCUT2D eigenvalue weighted by Crippen LogP contribution is 2.11. The van der Waals surface area contributed by atoms with Gasteiger partial charge in [0.05, 0.1) is 17.4 Å². The van der Waals surface area contributed by atoms with E-state index in [1.54, 1.807) is 6.33 Å². The molecule has 1 unspecified atom stereocenters. The van der Waals surface area contributed by atoms with Crippen molar-refractivity contribution in [3.05, 3.63) is 30.1 Å². The van der Waals surface area contributed by atoms with Crippen molar-refractivity contribution in [2.75, 3.05) is 0 Å². The van der Waals surface area contributed by atoms with Gasteiger partial charge in [-0.25, -0.2) is 4.98 Å². The van der Waals surface area contributed by atoms with Gasteiger partial charge in [0.25, 0.3) is 0 Å². The summed E-state index contributed by atoms with van der Waals surface area (Å²) < 4.78 is 0. The first kappa shape index (κ1) is 10.2. The van der Waals surface area contributed by atoms with Gasteiger partial charge < -0.3 is 10.3 Å². The van der Waals surface area contributed by atoms with Crippen molar-refractivity contribution in [3.63, 3.8) is 0 Å². The van der Waals surface area contributed by atoms with E-state index in [1.165, 1.54) is 5.56 Å². The quantitative estimate of drug-likeness (QED) is 0.801. The van der Waals surface area contributed by atoms with E-state index < -0.39 is 0 Å². The van der Waals surface area contributed by atoms with E-state index in [1.807, 2.05) is 0 Å². The molecule has 15 heavy (non-hydrogen) atoms. The highest BCUT2D eigenvalue weighted by atomic mass is 14.9. The van der Waals surface area contributed by atoms with Crippen molar-refractivity contribution in [1.82, 2.24) is 15.3 Å². The lowest BCUT2D eigenvalue weighted by atomic mass is 10.2. The van der Waals surface area contributed by atoms with E-state index in [-0.39, 0.29) is 0 Å². The Kier molecular flexibility index (Phi) is 3.02. The Hall–Kier alpha value is -1.35. The lowest BCUT2D eigenvalue weighted by Crippen LogP contribution is -2.24. The molecule has 0 saturated heterocycles. The maximum Gasteiger partial charge on any atom is 0.0931 e. The summed E-state index contributed by atoms with van der Waals surface area (Å²) in [6.45, 7) is 5.31. The van der Waals surface area contributed by atoms with E-state index >= 15 is 0 Å². The summed E-state index contributed by atoms with van der Waals surface area (Å²) in [6.07, 6.45) is 2.89. The molecule has 1 atom stereocenters. The number of fused-ring (bicyclic) bond motifs is 1. The minimum absolute atomic E-state index is 0.572. The second kappa shape index (κ2) is 4.45. The summed E-state index contributed by atoms with van der Waals surface area (Å²) in [6, 6.07) is 6.90. The van der Waals surface area contributed by atoms with Gasteiger partial charge >= 0.3 is 0 Å². The number of aromatic nitrogens is 2. The van der Waals surface area contributed by atoms with Crippen LogP contribution in [0.1, 0.15) is 25.8 Å². The average Bonchev–Trinajstić information content (AvgIpc) is 2.72. The number of rotatable bonds is 4. The largest absolute Gasteiger partial charge is 0.345 e. The number of aromatic amines is 1. The Bertz CT molecular complexity index is 433. The van der Waals surface area contributed by atoms with Crippen LogP contribution in [0, 0.1) is 0 Å². The Morgan fingerprint density at radius 3 is 3.13 bits per heavy atom. The van der Waals surface area contributed by atoms with Crippen LogP contribution in [0.3, 0.4) is 0 Å². The van der Waals surface area contributed by atoms with Gasteiger partial charge in [-0.1, -0.05) is 13.0 Å². The Morgan fingerprint density at radius 1 is 1.47 bits per heavy atom. The number of H-pyrrole nitrogens is 1. The van der Waals surface area contributed by atoms with Gasteiger partial charge in [0.2, 0.25) is 0 Å². The second-order valence-corrected chi connectivity index (χ2v) is 3.94. The first-order valence-corrected chi connectivity index (χ1v) is 5.45. The molecule has 1 aromatic heterocycles. The van der Waals surface area contributed by atoms with Gasteiger partial charge in [-0.05, 0) is 31.0 Å². The van der Waals surface area contributed by atoms with E-state index in [9.17, 15) is 0 Å². The van der Waals surface area contributed by atoms with E-state index in [2.05, 4.69) is 47.3 Å². The van der Waals surface area contributed by atoms with E-state index in [0.717, 1.165) is 24.0 Å². The molecule has 2 N–H and O–H groups in total. The summed E-state index contributed by atoms with van der Waals surface area (Å²) >= 11 is 0. The van der Waals surface area contributed by atoms with Crippen LogP contribution in [0.5, 0.6) is 0 Å². The normalized spacial score (nSPS) is 13.2. The van der Waals surface area contributed by atoms with Crippen LogP contribution in [0.15, 0.2) is 24.5 Å². The lowest BCUT2D eigenvalue weighted by Gasteiger charge is -2.10. The second-order valence-electron chi connectivity index (χ2n) is 3.94. The summed E-state index contributed by atoms with van der Waals surface area (Å²) in [5, 5.41) is 3.47. The summed E-state index contributed by atoms with van der Waals surface area (Å²) in [7, 11) is 0. The van der Waals surface area contributed by atoms with Crippen molar-refractivity contribution < 1.29 is 0 Å². The van der Waals surface area contributed by atoms with Crippen LogP contribution in [-0.4, -0.2) is 16.0 Å². The molecule has 2 aromatic rings. The summed E-state index contributed by atoms with van der Waals surface area (Å²) in [5.74, 6) is 0. The van der Waals surface area contributed by atoms with Crippen LogP contribution in [0.2, 0.25) is 0 Å². The molecule has 0 aliphatic carbocycles. The van der Waals surface area contributed by atoms with Gasteiger partial charge in [0.1, 0.15) is 0 Å². The molecule has 1 aromatic carbocycles. The standard InChI is InChI=1S/C12H17N3/c1-3-9(2)13-7-10-4-5-11-12(6-10)15-8-14-11/h4-6,8-9,13H,3,7H2,1-2H3,(H,14,15). The molecule has 0 amide bonds. The number of benzene rings is 1. The van der Waals surface area contributed by atoms with Gasteiger partial charge in [-0.15, -0.1) is 0 Å². The van der Waals surface area contributed by atoms with Crippen LogP contribution in [0.25, 0.3) is 11.0 Å². The molecular formula is C12H17N3. The Balaban J connectivity index is 2.08. The molecule has 80 valence electrons. The molecule has 3 nitrogen and oxygen atoms in total. The molecule has 2 rings (SSSR count). The number of nitrogens with zero attached hydrogens (tertiary/aromatic N) is 1. The van der Waals surface area contributed by atoms with Crippen molar-refractivity contribution in [3.8, 4) is 0 Å². The molecule has 0 fully saturated rings. The van der Waals surface area contributed by atoms with Crippen LogP contribution in [-0.2, 0) is 6.54 Å². The van der Waals surface area contributed by atoms with Crippen molar-refractivity contribution in [2.45, 2.75) is 32.9 Å². The van der Waals surface area contributed by atoms with E-state index in [0.29, 0.717) is 6.04 Å². The van der Waals surface area contributed by atoms with Crippen LogP contribution >= 0.6 is 0 Å². The third-order valence-corrected chi connectivity index (χ3v) is 2.75. The SMILES string of the molecule is CCC(C)NCc1ccc2nc[nH]c2c1. The smallest absolute Gasteiger partial charge is 0.0931 e. The zero-order valence-corrected chi connectivity index (χ0v) is 9.25. The van der Waals surface area contributed by atoms with Crippen LogP contribution < -0.4 is 5.32 Å². The van der Waals surface area contributed by atoms with Gasteiger partial charge in [-0.3, -0.25) is 0 Å². The lowest BCUT2D eigenvalue weighted by molar-refractivity contribution is 0.534. The number of hydrogen-bond donors (Lipinski definition) is 2. The summed E-state index contributed by atoms with van der Waals surface area (Å²) in [4.78, 5) is 7.32. The highest BCUT2D eigenvalue weighted by molar-refractivity contribution is 5.74. The molecule has 0 radical (unpaired) electrons. The molecule has 0 aliphatic rings. The molecule has 1 heterocycles. The Labute approximate surface area is 89.9 Å². The molecule has 0 spiro atoms. The maximum absolute atomic E-state index is 4.20. The topological polar surface area (TPSA) is 40.7 Å². The third-order valence-electron chi connectivity index (χ3n) is 2.75. The first-order chi connectivity index (χ1) is 7.29. The number of imidazole rings is 1. The summed E-state index contributed by atoms with van der Waals surface area (Å²) in [5.41, 5.74) is 3.44. The monoisotopic (exact) mass is 203 g/mol. The zero-order chi connectivity index (χ0) is 10.7. The molecule has 0 bridgehead atoms. The minimum Gasteiger partial charge on any atom is -0.345 e.